The van der Waals surface area contributed by atoms with Gasteiger partial charge in [0.05, 0.1) is 36.3 Å². The molecule has 14 nitrogen and oxygen atoms in total. The number of halogens is 1. The molecule has 0 bridgehead atoms. The fraction of sp³-hybridized carbons (Fsp3) is 0.500. The number of amidine groups is 1. The highest BCUT2D eigenvalue weighted by molar-refractivity contribution is 7.16. The van der Waals surface area contributed by atoms with Crippen molar-refractivity contribution in [1.29, 1.82) is 5.26 Å². The van der Waals surface area contributed by atoms with Gasteiger partial charge in [-0.25, -0.2) is 9.18 Å². The third-order valence-corrected chi connectivity index (χ3v) is 18.2. The largest absolute Gasteiger partial charge is 0.459 e. The molecule has 324 valence electrons. The summed E-state index contributed by atoms with van der Waals surface area (Å²) < 4.78 is 59.1. The quantitative estimate of drug-likeness (QED) is 0.0687. The van der Waals surface area contributed by atoms with Gasteiger partial charge in [0, 0.05) is 33.7 Å². The van der Waals surface area contributed by atoms with E-state index in [1.54, 1.807) is 13.8 Å². The van der Waals surface area contributed by atoms with Gasteiger partial charge in [0.15, 0.2) is 0 Å². The topological polar surface area (TPSA) is 187 Å². The Kier molecular flexibility index (Phi) is 11.4. The number of alkyl halides is 1. The Bertz CT molecular complexity index is 2360. The second-order valence-electron chi connectivity index (χ2n) is 17.6. The number of likely N-dealkylation sites (N-methyl/N-ethyl adjacent to an activating group) is 1. The van der Waals surface area contributed by atoms with Crippen LogP contribution in [0.4, 0.5) is 15.3 Å². The first-order chi connectivity index (χ1) is 30.2. The summed E-state index contributed by atoms with van der Waals surface area (Å²) in [5.41, 5.74) is 11.3. The number of nitrogen functional groups attached to an aromatic ring is 1. The van der Waals surface area contributed by atoms with Gasteiger partial charge >= 0.3 is 12.0 Å². The highest BCUT2D eigenvalue weighted by atomic mass is 32.1. The van der Waals surface area contributed by atoms with Gasteiger partial charge in [-0.15, -0.1) is 11.3 Å². The van der Waals surface area contributed by atoms with Crippen molar-refractivity contribution in [3.8, 4) is 12.1 Å². The van der Waals surface area contributed by atoms with Gasteiger partial charge in [-0.05, 0) is 68.8 Å². The van der Waals surface area contributed by atoms with Gasteiger partial charge in [0.25, 0.3) is 8.32 Å². The second-order valence-corrected chi connectivity index (χ2v) is 23.0. The Labute approximate surface area is 366 Å². The van der Waals surface area contributed by atoms with Crippen LogP contribution in [0.2, 0.25) is 5.04 Å². The number of hydrogen-bond acceptors (Lipinski definition) is 14. The van der Waals surface area contributed by atoms with Crippen LogP contribution in [-0.2, 0) is 30.6 Å². The maximum Gasteiger partial charge on any atom is 0.345 e. The van der Waals surface area contributed by atoms with E-state index in [0.717, 1.165) is 20.2 Å². The van der Waals surface area contributed by atoms with Crippen molar-refractivity contribution < 1.29 is 32.0 Å². The van der Waals surface area contributed by atoms with Crippen molar-refractivity contribution in [1.82, 2.24) is 19.9 Å². The number of aromatic nitrogens is 3. The van der Waals surface area contributed by atoms with E-state index in [-0.39, 0.29) is 66.9 Å². The van der Waals surface area contributed by atoms with Crippen LogP contribution in [0, 0.1) is 11.3 Å². The summed E-state index contributed by atoms with van der Waals surface area (Å²) in [6.07, 6.45) is -0.611. The average Bonchev–Trinajstić information content (AvgIpc) is 3.76. The highest BCUT2D eigenvalue weighted by Gasteiger charge is 2.54. The van der Waals surface area contributed by atoms with Gasteiger partial charge in [-0.3, -0.25) is 4.90 Å². The lowest BCUT2D eigenvalue weighted by atomic mass is 9.72. The first-order valence-corrected chi connectivity index (χ1v) is 23.3. The van der Waals surface area contributed by atoms with Crippen LogP contribution in [0.15, 0.2) is 65.8 Å². The standard InChI is InChI=1S/C44H56FN9O5SSi/c1-28(33-23-29(45)25-53(33)7)57-41-50-38(36(47)52-58-39(55)44(6)20-14-19-34-35(44)32(24-46)37(48)60-34)49-40(51-41)54-21-22-56-27-43(5,26-54)59-61(42(2,3)4,30-15-10-8-11-16-30)31-17-12-9-13-18-31/h8-13,15-18,28-29,33H,14,19-23,25-27,48H2,1-7H3,(H2,47,52)/t28?,29-,33+,43+,44+/m1/s1/i7D3. The summed E-state index contributed by atoms with van der Waals surface area (Å²) in [7, 11) is -3.11. The van der Waals surface area contributed by atoms with Crippen LogP contribution in [-0.4, -0.2) is 104 Å². The monoisotopic (exact) mass is 872 g/mol. The molecule has 17 heteroatoms. The van der Waals surface area contributed by atoms with Crippen molar-refractivity contribution in [2.45, 2.75) is 102 Å². The summed E-state index contributed by atoms with van der Waals surface area (Å²) in [6.45, 7) is 10.2. The van der Waals surface area contributed by atoms with E-state index in [0.29, 0.717) is 36.4 Å². The molecule has 61 heavy (non-hydrogen) atoms. The predicted molar refractivity (Wildman–Crippen MR) is 237 cm³/mol. The predicted octanol–water partition coefficient (Wildman–Crippen LogP) is 4.83. The van der Waals surface area contributed by atoms with Crippen LogP contribution >= 0.6 is 11.3 Å². The molecule has 1 unspecified atom stereocenters. The van der Waals surface area contributed by atoms with Gasteiger partial charge < -0.3 is 35.1 Å². The lowest BCUT2D eigenvalue weighted by Crippen LogP contribution is -2.70. The summed E-state index contributed by atoms with van der Waals surface area (Å²) in [4.78, 5) is 37.2. The molecule has 4 N–H and O–H groups in total. The molecule has 2 saturated heterocycles. The van der Waals surface area contributed by atoms with Gasteiger partial charge in [0.2, 0.25) is 17.6 Å². The molecule has 7 rings (SSSR count). The van der Waals surface area contributed by atoms with E-state index in [2.05, 4.69) is 61.2 Å². The molecule has 2 aromatic carbocycles. The van der Waals surface area contributed by atoms with Gasteiger partial charge in [0.1, 0.15) is 23.3 Å². The van der Waals surface area contributed by atoms with E-state index in [4.69, 9.17) is 44.3 Å². The maximum absolute atomic E-state index is 14.8. The lowest BCUT2D eigenvalue weighted by molar-refractivity contribution is -0.150. The van der Waals surface area contributed by atoms with Crippen molar-refractivity contribution >= 4 is 52.8 Å². The van der Waals surface area contributed by atoms with Crippen molar-refractivity contribution in [3.05, 3.63) is 82.5 Å². The molecule has 1 aliphatic carbocycles. The number of hydrogen-bond donors (Lipinski definition) is 2. The number of thiophene rings is 1. The van der Waals surface area contributed by atoms with Crippen molar-refractivity contribution in [2.75, 3.05) is 50.5 Å². The zero-order chi connectivity index (χ0) is 46.2. The fourth-order valence-corrected chi connectivity index (χ4v) is 14.9. The summed E-state index contributed by atoms with van der Waals surface area (Å²) >= 11 is 1.29. The Morgan fingerprint density at radius 3 is 2.48 bits per heavy atom. The van der Waals surface area contributed by atoms with E-state index in [1.165, 1.54) is 11.3 Å². The first-order valence-electron chi connectivity index (χ1n) is 22.0. The number of fused-ring (bicyclic) bond motifs is 1. The van der Waals surface area contributed by atoms with Crippen molar-refractivity contribution in [2.24, 2.45) is 10.9 Å². The van der Waals surface area contributed by atoms with E-state index < -0.39 is 50.6 Å². The molecule has 0 radical (unpaired) electrons. The van der Waals surface area contributed by atoms with Crippen LogP contribution in [0.1, 0.15) is 86.7 Å². The Morgan fingerprint density at radius 2 is 1.84 bits per heavy atom. The van der Waals surface area contributed by atoms with Crippen LogP contribution < -0.4 is 31.5 Å². The molecular weight excluding hydrogens is 814 g/mol. The Balaban J connectivity index is 1.26. The van der Waals surface area contributed by atoms with Gasteiger partial charge in [-0.1, -0.05) is 86.6 Å². The Hall–Kier alpha value is -4.99. The Morgan fingerprint density at radius 1 is 1.15 bits per heavy atom. The molecule has 2 aliphatic heterocycles. The molecule has 4 heterocycles. The number of likely N-dealkylation sites (tertiary alicyclic amines) is 1. The normalized spacial score (nSPS) is 25.3. The van der Waals surface area contributed by atoms with E-state index in [9.17, 15) is 14.4 Å². The highest BCUT2D eigenvalue weighted by Crippen LogP contribution is 2.46. The molecule has 4 aromatic rings. The number of benzene rings is 2. The minimum absolute atomic E-state index is 0.0743. The van der Waals surface area contributed by atoms with Gasteiger partial charge in [-0.2, -0.15) is 20.2 Å². The minimum Gasteiger partial charge on any atom is -0.459 e. The number of oxime groups is 1. The number of anilines is 2. The number of carbonyl (C=O) groups is 1. The average molecular weight is 873 g/mol. The zero-order valence-electron chi connectivity index (χ0n) is 38.5. The third-order valence-electron chi connectivity index (χ3n) is 11.9. The lowest BCUT2D eigenvalue weighted by Gasteiger charge is -2.48. The second kappa shape index (κ2) is 17.4. The molecule has 2 aromatic heterocycles. The van der Waals surface area contributed by atoms with Crippen molar-refractivity contribution in [3.63, 3.8) is 0 Å². The van der Waals surface area contributed by atoms with Crippen LogP contribution in [0.5, 0.6) is 6.01 Å². The number of aryl methyl sites for hydroxylation is 1. The summed E-state index contributed by atoms with van der Waals surface area (Å²) in [5, 5.41) is 16.1. The van der Waals surface area contributed by atoms with Crippen LogP contribution in [0.3, 0.4) is 0 Å². The molecule has 0 amide bonds. The smallest absolute Gasteiger partial charge is 0.345 e. The zero-order valence-corrected chi connectivity index (χ0v) is 37.3. The maximum atomic E-state index is 14.8. The van der Waals surface area contributed by atoms with E-state index >= 15 is 0 Å². The molecule has 5 atom stereocenters. The fourth-order valence-electron chi connectivity index (χ4n) is 8.93. The number of carbonyl (C=O) groups excluding carboxylic acids is 1. The SMILES string of the molecule is [2H]C([2H])([2H])N1C[C@H](F)C[C@H]1C(C)Oc1nc(/C(N)=N/OC(=O)[C@@]2(C)CCCc3sc(N)c(C#N)c32)nc(N2CCOC[C@@](C)(O[Si](c3ccccc3)(c3ccccc3)C(C)(C)C)C2)n1. The molecule has 3 aliphatic rings. The number of nitriles is 1. The molecule has 2 fully saturated rings. The molecular formula is C44H56FN9O5SSi. The molecule has 0 spiro atoms. The number of ether oxygens (including phenoxy) is 2. The number of nitrogens with zero attached hydrogens (tertiary/aromatic N) is 7. The third kappa shape index (κ3) is 8.74. The summed E-state index contributed by atoms with van der Waals surface area (Å²) in [5.74, 6) is -1.21. The summed E-state index contributed by atoms with van der Waals surface area (Å²) in [6, 6.07) is 21.6. The minimum atomic E-state index is -3.11. The number of nitrogens with two attached hydrogens (primary N) is 2. The van der Waals surface area contributed by atoms with Crippen LogP contribution in [0.25, 0.3) is 0 Å². The molecule has 0 saturated carbocycles. The first kappa shape index (κ1) is 40.1. The number of rotatable bonds is 11. The van der Waals surface area contributed by atoms with E-state index in [1.807, 2.05) is 48.2 Å².